The first kappa shape index (κ1) is 10.7. The lowest BCUT2D eigenvalue weighted by Gasteiger charge is -2.34. The van der Waals surface area contributed by atoms with Gasteiger partial charge in [-0.3, -0.25) is 4.90 Å². The standard InChI is InChI=1S/C12H20N2O/c1-13-7-5-11(6-8-13)14(2)10-12-4-3-9-15-12/h3-4,9,11H,5-8,10H2,1-2H3. The Morgan fingerprint density at radius 1 is 1.47 bits per heavy atom. The monoisotopic (exact) mass is 208 g/mol. The summed E-state index contributed by atoms with van der Waals surface area (Å²) in [5.41, 5.74) is 0. The van der Waals surface area contributed by atoms with Crippen LogP contribution in [-0.2, 0) is 6.54 Å². The van der Waals surface area contributed by atoms with Crippen molar-refractivity contribution < 1.29 is 4.42 Å². The quantitative estimate of drug-likeness (QED) is 0.755. The van der Waals surface area contributed by atoms with Gasteiger partial charge in [-0.2, -0.15) is 0 Å². The van der Waals surface area contributed by atoms with Crippen molar-refractivity contribution in [2.24, 2.45) is 0 Å². The summed E-state index contributed by atoms with van der Waals surface area (Å²) in [7, 11) is 4.39. The molecule has 1 saturated heterocycles. The number of piperidine rings is 1. The van der Waals surface area contributed by atoms with E-state index in [0.717, 1.165) is 12.3 Å². The zero-order chi connectivity index (χ0) is 10.7. The number of hydrogen-bond donors (Lipinski definition) is 0. The van der Waals surface area contributed by atoms with E-state index in [4.69, 9.17) is 4.42 Å². The lowest BCUT2D eigenvalue weighted by Crippen LogP contribution is -2.41. The first-order valence-corrected chi connectivity index (χ1v) is 5.67. The Labute approximate surface area is 91.7 Å². The van der Waals surface area contributed by atoms with Gasteiger partial charge in [-0.15, -0.1) is 0 Å². The second kappa shape index (κ2) is 4.81. The first-order chi connectivity index (χ1) is 7.25. The van der Waals surface area contributed by atoms with Gasteiger partial charge in [0.2, 0.25) is 0 Å². The van der Waals surface area contributed by atoms with Gasteiger partial charge < -0.3 is 9.32 Å². The molecule has 1 aliphatic rings. The van der Waals surface area contributed by atoms with Crippen LogP contribution in [0.2, 0.25) is 0 Å². The molecular weight excluding hydrogens is 188 g/mol. The average Bonchev–Trinajstić information content (AvgIpc) is 2.71. The largest absolute Gasteiger partial charge is 0.468 e. The van der Waals surface area contributed by atoms with E-state index in [2.05, 4.69) is 23.9 Å². The Balaban J connectivity index is 1.83. The smallest absolute Gasteiger partial charge is 0.117 e. The van der Waals surface area contributed by atoms with E-state index < -0.39 is 0 Å². The van der Waals surface area contributed by atoms with Crippen molar-refractivity contribution in [3.05, 3.63) is 24.2 Å². The summed E-state index contributed by atoms with van der Waals surface area (Å²) in [6, 6.07) is 4.72. The lowest BCUT2D eigenvalue weighted by atomic mass is 10.0. The van der Waals surface area contributed by atoms with E-state index in [1.165, 1.54) is 25.9 Å². The van der Waals surface area contributed by atoms with E-state index in [1.54, 1.807) is 6.26 Å². The van der Waals surface area contributed by atoms with Crippen molar-refractivity contribution >= 4 is 0 Å². The topological polar surface area (TPSA) is 19.6 Å². The van der Waals surface area contributed by atoms with Gasteiger partial charge in [-0.05, 0) is 52.2 Å². The van der Waals surface area contributed by atoms with Gasteiger partial charge >= 0.3 is 0 Å². The predicted molar refractivity (Wildman–Crippen MR) is 60.7 cm³/mol. The van der Waals surface area contributed by atoms with Crippen LogP contribution < -0.4 is 0 Å². The zero-order valence-corrected chi connectivity index (χ0v) is 9.65. The number of rotatable bonds is 3. The van der Waals surface area contributed by atoms with Gasteiger partial charge in [0.1, 0.15) is 5.76 Å². The molecular formula is C12H20N2O. The molecule has 2 heterocycles. The number of furan rings is 1. The van der Waals surface area contributed by atoms with Crippen LogP contribution in [0.3, 0.4) is 0 Å². The van der Waals surface area contributed by atoms with Crippen LogP contribution in [0.25, 0.3) is 0 Å². The van der Waals surface area contributed by atoms with E-state index in [-0.39, 0.29) is 0 Å². The van der Waals surface area contributed by atoms with Crippen molar-refractivity contribution in [3.8, 4) is 0 Å². The van der Waals surface area contributed by atoms with Crippen LogP contribution >= 0.6 is 0 Å². The molecule has 0 atom stereocenters. The Morgan fingerprint density at radius 3 is 2.80 bits per heavy atom. The maximum absolute atomic E-state index is 5.36. The minimum absolute atomic E-state index is 0.714. The summed E-state index contributed by atoms with van der Waals surface area (Å²) in [5.74, 6) is 1.07. The molecule has 15 heavy (non-hydrogen) atoms. The second-order valence-electron chi connectivity index (χ2n) is 4.53. The highest BCUT2D eigenvalue weighted by atomic mass is 16.3. The maximum Gasteiger partial charge on any atom is 0.117 e. The van der Waals surface area contributed by atoms with Crippen LogP contribution in [0.5, 0.6) is 0 Å². The fourth-order valence-corrected chi connectivity index (χ4v) is 2.21. The van der Waals surface area contributed by atoms with E-state index in [1.807, 2.05) is 12.1 Å². The molecule has 0 saturated carbocycles. The zero-order valence-electron chi connectivity index (χ0n) is 9.65. The van der Waals surface area contributed by atoms with Crippen LogP contribution in [-0.4, -0.2) is 43.0 Å². The Morgan fingerprint density at radius 2 is 2.20 bits per heavy atom. The van der Waals surface area contributed by atoms with E-state index in [9.17, 15) is 0 Å². The molecule has 0 unspecified atom stereocenters. The van der Waals surface area contributed by atoms with Crippen LogP contribution in [0.15, 0.2) is 22.8 Å². The third-order valence-corrected chi connectivity index (χ3v) is 3.30. The third-order valence-electron chi connectivity index (χ3n) is 3.30. The van der Waals surface area contributed by atoms with Crippen LogP contribution in [0, 0.1) is 0 Å². The summed E-state index contributed by atoms with van der Waals surface area (Å²) in [5, 5.41) is 0. The highest BCUT2D eigenvalue weighted by Crippen LogP contribution is 2.16. The molecule has 3 heteroatoms. The summed E-state index contributed by atoms with van der Waals surface area (Å²) in [6.45, 7) is 3.36. The highest BCUT2D eigenvalue weighted by molar-refractivity contribution is 4.98. The van der Waals surface area contributed by atoms with Crippen molar-refractivity contribution in [3.63, 3.8) is 0 Å². The van der Waals surface area contributed by atoms with Crippen molar-refractivity contribution in [1.82, 2.24) is 9.80 Å². The molecule has 84 valence electrons. The molecule has 1 fully saturated rings. The van der Waals surface area contributed by atoms with Gasteiger partial charge in [-0.1, -0.05) is 0 Å². The summed E-state index contributed by atoms with van der Waals surface area (Å²) >= 11 is 0. The molecule has 3 nitrogen and oxygen atoms in total. The molecule has 0 aliphatic carbocycles. The SMILES string of the molecule is CN1CCC(N(C)Cc2ccco2)CC1. The van der Waals surface area contributed by atoms with E-state index in [0.29, 0.717) is 6.04 Å². The highest BCUT2D eigenvalue weighted by Gasteiger charge is 2.20. The second-order valence-corrected chi connectivity index (χ2v) is 4.53. The van der Waals surface area contributed by atoms with Gasteiger partial charge in [0.25, 0.3) is 0 Å². The molecule has 0 spiro atoms. The van der Waals surface area contributed by atoms with Crippen molar-refractivity contribution in [2.45, 2.75) is 25.4 Å². The molecule has 0 radical (unpaired) electrons. The fourth-order valence-electron chi connectivity index (χ4n) is 2.21. The molecule has 1 aromatic rings. The molecule has 0 amide bonds. The minimum Gasteiger partial charge on any atom is -0.468 e. The average molecular weight is 208 g/mol. The van der Waals surface area contributed by atoms with Gasteiger partial charge in [0.15, 0.2) is 0 Å². The number of hydrogen-bond acceptors (Lipinski definition) is 3. The first-order valence-electron chi connectivity index (χ1n) is 5.67. The van der Waals surface area contributed by atoms with Gasteiger partial charge in [-0.25, -0.2) is 0 Å². The Hall–Kier alpha value is -0.800. The predicted octanol–water partition coefficient (Wildman–Crippen LogP) is 1.81. The molecule has 0 aromatic carbocycles. The summed E-state index contributed by atoms with van der Waals surface area (Å²) in [6.07, 6.45) is 4.29. The van der Waals surface area contributed by atoms with Crippen molar-refractivity contribution in [1.29, 1.82) is 0 Å². The number of likely N-dealkylation sites (tertiary alicyclic amines) is 1. The Bertz CT molecular complexity index is 276. The lowest BCUT2D eigenvalue weighted by molar-refractivity contribution is 0.132. The normalized spacial score (nSPS) is 19.9. The Kier molecular flexibility index (Phi) is 3.44. The molecule has 0 N–H and O–H groups in total. The summed E-state index contributed by atoms with van der Waals surface area (Å²) in [4.78, 5) is 4.81. The molecule has 2 rings (SSSR count). The molecule has 1 aliphatic heterocycles. The van der Waals surface area contributed by atoms with Crippen LogP contribution in [0.1, 0.15) is 18.6 Å². The summed E-state index contributed by atoms with van der Waals surface area (Å²) < 4.78 is 5.36. The third kappa shape index (κ3) is 2.83. The van der Waals surface area contributed by atoms with Crippen molar-refractivity contribution in [2.75, 3.05) is 27.2 Å². The molecule has 0 bridgehead atoms. The fraction of sp³-hybridized carbons (Fsp3) is 0.667. The van der Waals surface area contributed by atoms with Crippen LogP contribution in [0.4, 0.5) is 0 Å². The maximum atomic E-state index is 5.36. The molecule has 1 aromatic heterocycles. The van der Waals surface area contributed by atoms with Gasteiger partial charge in [0.05, 0.1) is 12.8 Å². The number of nitrogens with zero attached hydrogens (tertiary/aromatic N) is 2. The van der Waals surface area contributed by atoms with E-state index >= 15 is 0 Å². The minimum atomic E-state index is 0.714. The van der Waals surface area contributed by atoms with Gasteiger partial charge in [0, 0.05) is 6.04 Å².